The second-order valence-corrected chi connectivity index (χ2v) is 12.1. The number of fused-ring (bicyclic) bond motifs is 4. The molecule has 9 aromatic rings. The van der Waals surface area contributed by atoms with Crippen molar-refractivity contribution in [2.24, 2.45) is 0 Å². The molecular weight excluding hydrogens is 585 g/mol. The Morgan fingerprint density at radius 2 is 1.04 bits per heavy atom. The number of aromatic nitrogens is 4. The van der Waals surface area contributed by atoms with Gasteiger partial charge in [-0.15, -0.1) is 11.3 Å². The molecule has 3 heterocycles. The molecule has 0 aliphatic carbocycles. The largest absolute Gasteiger partial charge is 0.455 e. The standard InChI is InChI=1S/C40H24N4OS/c1-3-11-26(12-4-1)37-42-38(27-13-5-2-6-14-27)44-39(43-37)31-17-10-19-33-35(31)30-16-9-15-29(36(30)45-33)25-21-23-28(24-22-25)40-41-32-18-7-8-20-34(32)46-40/h1-24H. The van der Waals surface area contributed by atoms with E-state index < -0.39 is 0 Å². The first kappa shape index (κ1) is 26.4. The van der Waals surface area contributed by atoms with Crippen LogP contribution in [0.1, 0.15) is 0 Å². The fourth-order valence-corrected chi connectivity index (χ4v) is 6.95. The SMILES string of the molecule is c1ccc(-c2nc(-c3ccccc3)nc(-c3cccc4oc5c(-c6ccc(-c7nc8ccccc8s7)cc6)cccc5c34)n2)cc1. The molecule has 0 bridgehead atoms. The van der Waals surface area contributed by atoms with Gasteiger partial charge in [-0.25, -0.2) is 19.9 Å². The van der Waals surface area contributed by atoms with Gasteiger partial charge in [-0.2, -0.15) is 0 Å². The van der Waals surface area contributed by atoms with E-state index in [9.17, 15) is 0 Å². The molecule has 0 atom stereocenters. The number of hydrogen-bond donors (Lipinski definition) is 0. The zero-order valence-corrected chi connectivity index (χ0v) is 25.3. The Hall–Kier alpha value is -5.98. The van der Waals surface area contributed by atoms with Gasteiger partial charge in [0.25, 0.3) is 0 Å². The van der Waals surface area contributed by atoms with E-state index in [2.05, 4.69) is 66.7 Å². The maximum Gasteiger partial charge on any atom is 0.164 e. The van der Waals surface area contributed by atoms with E-state index in [0.717, 1.165) is 65.8 Å². The second kappa shape index (κ2) is 10.9. The maximum atomic E-state index is 6.60. The molecule has 0 saturated heterocycles. The fourth-order valence-electron chi connectivity index (χ4n) is 5.98. The molecule has 3 aromatic heterocycles. The van der Waals surface area contributed by atoms with Crippen LogP contribution in [0, 0.1) is 0 Å². The highest BCUT2D eigenvalue weighted by atomic mass is 32.1. The predicted octanol–water partition coefficient (Wildman–Crippen LogP) is 10.7. The Balaban J connectivity index is 1.18. The highest BCUT2D eigenvalue weighted by Crippen LogP contribution is 2.41. The van der Waals surface area contributed by atoms with Crippen molar-refractivity contribution in [3.05, 3.63) is 146 Å². The van der Waals surface area contributed by atoms with Crippen LogP contribution in [0.4, 0.5) is 0 Å². The smallest absolute Gasteiger partial charge is 0.164 e. The lowest BCUT2D eigenvalue weighted by Crippen LogP contribution is -2.00. The second-order valence-electron chi connectivity index (χ2n) is 11.1. The number of thiazole rings is 1. The lowest BCUT2D eigenvalue weighted by atomic mass is 9.99. The van der Waals surface area contributed by atoms with E-state index in [-0.39, 0.29) is 0 Å². The monoisotopic (exact) mass is 608 g/mol. The molecule has 0 spiro atoms. The summed E-state index contributed by atoms with van der Waals surface area (Å²) in [7, 11) is 0. The summed E-state index contributed by atoms with van der Waals surface area (Å²) in [4.78, 5) is 19.7. The summed E-state index contributed by atoms with van der Waals surface area (Å²) in [6.45, 7) is 0. The summed E-state index contributed by atoms with van der Waals surface area (Å²) in [5.74, 6) is 1.86. The summed E-state index contributed by atoms with van der Waals surface area (Å²) >= 11 is 1.71. The number of para-hydroxylation sites is 2. The first-order valence-electron chi connectivity index (χ1n) is 15.1. The summed E-state index contributed by atoms with van der Waals surface area (Å²) < 4.78 is 7.79. The molecule has 0 aliphatic heterocycles. The van der Waals surface area contributed by atoms with Crippen LogP contribution in [-0.4, -0.2) is 19.9 Å². The zero-order valence-electron chi connectivity index (χ0n) is 24.5. The summed E-state index contributed by atoms with van der Waals surface area (Å²) in [5, 5.41) is 3.01. The fraction of sp³-hybridized carbons (Fsp3) is 0. The molecule has 216 valence electrons. The minimum atomic E-state index is 0.603. The van der Waals surface area contributed by atoms with Gasteiger partial charge in [-0.3, -0.25) is 0 Å². The van der Waals surface area contributed by atoms with Crippen molar-refractivity contribution in [2.45, 2.75) is 0 Å². The average molecular weight is 609 g/mol. The third-order valence-corrected chi connectivity index (χ3v) is 9.29. The van der Waals surface area contributed by atoms with Crippen LogP contribution in [0.3, 0.4) is 0 Å². The summed E-state index contributed by atoms with van der Waals surface area (Å²) in [5.41, 5.74) is 8.62. The van der Waals surface area contributed by atoms with Gasteiger partial charge in [-0.1, -0.05) is 127 Å². The Kier molecular flexibility index (Phi) is 6.25. The molecule has 6 heteroatoms. The minimum Gasteiger partial charge on any atom is -0.455 e. The van der Waals surface area contributed by atoms with Crippen molar-refractivity contribution in [1.29, 1.82) is 0 Å². The van der Waals surface area contributed by atoms with Crippen molar-refractivity contribution >= 4 is 43.5 Å². The number of benzene rings is 6. The number of furan rings is 1. The molecule has 0 amide bonds. The number of nitrogens with zero attached hydrogens (tertiary/aromatic N) is 4. The molecule has 0 unspecified atom stereocenters. The highest BCUT2D eigenvalue weighted by Gasteiger charge is 2.19. The van der Waals surface area contributed by atoms with E-state index in [0.29, 0.717) is 17.5 Å². The molecular formula is C40H24N4OS. The van der Waals surface area contributed by atoms with E-state index in [1.807, 2.05) is 78.9 Å². The van der Waals surface area contributed by atoms with Crippen LogP contribution >= 0.6 is 11.3 Å². The molecule has 0 radical (unpaired) electrons. The predicted molar refractivity (Wildman–Crippen MR) is 187 cm³/mol. The van der Waals surface area contributed by atoms with Crippen LogP contribution < -0.4 is 0 Å². The molecule has 6 aromatic carbocycles. The molecule has 0 saturated carbocycles. The zero-order chi connectivity index (χ0) is 30.5. The highest BCUT2D eigenvalue weighted by molar-refractivity contribution is 7.21. The maximum absolute atomic E-state index is 6.60. The van der Waals surface area contributed by atoms with E-state index in [1.165, 1.54) is 4.70 Å². The topological polar surface area (TPSA) is 64.7 Å². The number of hydrogen-bond acceptors (Lipinski definition) is 6. The molecule has 0 N–H and O–H groups in total. The minimum absolute atomic E-state index is 0.603. The first-order valence-corrected chi connectivity index (χ1v) is 15.9. The van der Waals surface area contributed by atoms with Crippen LogP contribution in [0.5, 0.6) is 0 Å². The molecule has 5 nitrogen and oxygen atoms in total. The molecule has 46 heavy (non-hydrogen) atoms. The third-order valence-electron chi connectivity index (χ3n) is 8.20. The summed E-state index contributed by atoms with van der Waals surface area (Å²) in [6, 6.07) is 49.3. The average Bonchev–Trinajstić information content (AvgIpc) is 3.74. The number of rotatable bonds is 5. The lowest BCUT2D eigenvalue weighted by Gasteiger charge is -2.09. The Labute approximate surface area is 268 Å². The lowest BCUT2D eigenvalue weighted by molar-refractivity contribution is 0.670. The van der Waals surface area contributed by atoms with Gasteiger partial charge in [0.15, 0.2) is 17.5 Å². The van der Waals surface area contributed by atoms with Crippen molar-refractivity contribution in [2.75, 3.05) is 0 Å². The van der Waals surface area contributed by atoms with Crippen molar-refractivity contribution in [1.82, 2.24) is 19.9 Å². The first-order chi connectivity index (χ1) is 22.8. The Morgan fingerprint density at radius 3 is 1.76 bits per heavy atom. The van der Waals surface area contributed by atoms with Crippen LogP contribution in [0.2, 0.25) is 0 Å². The van der Waals surface area contributed by atoms with Crippen molar-refractivity contribution in [3.8, 4) is 55.9 Å². The molecule has 0 fully saturated rings. The Morgan fingerprint density at radius 1 is 0.435 bits per heavy atom. The molecule has 9 rings (SSSR count). The van der Waals surface area contributed by atoms with Gasteiger partial charge in [0.2, 0.25) is 0 Å². The van der Waals surface area contributed by atoms with Gasteiger partial charge in [-0.05, 0) is 23.8 Å². The van der Waals surface area contributed by atoms with E-state index in [1.54, 1.807) is 11.3 Å². The van der Waals surface area contributed by atoms with Gasteiger partial charge < -0.3 is 4.42 Å². The van der Waals surface area contributed by atoms with Crippen molar-refractivity contribution in [3.63, 3.8) is 0 Å². The summed E-state index contributed by atoms with van der Waals surface area (Å²) in [6.07, 6.45) is 0. The van der Waals surface area contributed by atoms with Gasteiger partial charge in [0.05, 0.1) is 10.2 Å². The van der Waals surface area contributed by atoms with Crippen LogP contribution in [0.25, 0.3) is 88.0 Å². The van der Waals surface area contributed by atoms with Gasteiger partial charge in [0.1, 0.15) is 16.2 Å². The van der Waals surface area contributed by atoms with Crippen molar-refractivity contribution < 1.29 is 4.42 Å². The van der Waals surface area contributed by atoms with Crippen LogP contribution in [0.15, 0.2) is 150 Å². The molecule has 0 aliphatic rings. The Bertz CT molecular complexity index is 2430. The van der Waals surface area contributed by atoms with Gasteiger partial charge in [0, 0.05) is 38.6 Å². The third kappa shape index (κ3) is 4.55. The van der Waals surface area contributed by atoms with E-state index in [4.69, 9.17) is 24.4 Å². The normalized spacial score (nSPS) is 11.5. The van der Waals surface area contributed by atoms with Gasteiger partial charge >= 0.3 is 0 Å². The van der Waals surface area contributed by atoms with E-state index >= 15 is 0 Å². The quantitative estimate of drug-likeness (QED) is 0.194. The van der Waals surface area contributed by atoms with Crippen LogP contribution in [-0.2, 0) is 0 Å².